The van der Waals surface area contributed by atoms with Gasteiger partial charge in [0, 0.05) is 31.7 Å². The second-order valence-corrected chi connectivity index (χ2v) is 4.59. The summed E-state index contributed by atoms with van der Waals surface area (Å²) in [4.78, 5) is 2.31. The number of hydrogen-bond donors (Lipinski definition) is 2. The van der Waals surface area contributed by atoms with Crippen LogP contribution in [0.1, 0.15) is 18.5 Å². The minimum Gasteiger partial charge on any atom is -0.504 e. The Morgan fingerprint density at radius 1 is 1.47 bits per heavy atom. The van der Waals surface area contributed by atoms with Crippen LogP contribution in [0.15, 0.2) is 30.9 Å². The van der Waals surface area contributed by atoms with E-state index in [9.17, 15) is 5.11 Å². The zero-order chi connectivity index (χ0) is 13.7. The van der Waals surface area contributed by atoms with Crippen LogP contribution in [0.25, 0.3) is 0 Å². The van der Waals surface area contributed by atoms with E-state index in [2.05, 4.69) is 16.8 Å². The van der Waals surface area contributed by atoms with Gasteiger partial charge < -0.3 is 15.2 Å². The molecule has 2 rings (SSSR count). The molecule has 0 unspecified atom stereocenters. The summed E-state index contributed by atoms with van der Waals surface area (Å²) in [6, 6.07) is 5.67. The molecule has 1 aromatic rings. The first-order valence-electron chi connectivity index (χ1n) is 6.80. The van der Waals surface area contributed by atoms with Crippen LogP contribution in [-0.2, 0) is 0 Å². The standard InChI is InChI=1S/C15H22N2O2/c1-3-13(17-10-8-16-9-11-17)12-6-5-7-14(15(12)18)19-4-2/h3,5-7,13,16,18H,1,4,8-11H2,2H3/t13-/m1/s1. The van der Waals surface area contributed by atoms with E-state index in [-0.39, 0.29) is 11.8 Å². The summed E-state index contributed by atoms with van der Waals surface area (Å²) in [5.41, 5.74) is 0.864. The molecule has 0 saturated carbocycles. The highest BCUT2D eigenvalue weighted by Gasteiger charge is 2.23. The van der Waals surface area contributed by atoms with E-state index < -0.39 is 0 Å². The number of rotatable bonds is 5. The van der Waals surface area contributed by atoms with E-state index in [1.165, 1.54) is 0 Å². The molecule has 1 fully saturated rings. The number of hydrogen-bond acceptors (Lipinski definition) is 4. The van der Waals surface area contributed by atoms with Crippen molar-refractivity contribution in [1.82, 2.24) is 10.2 Å². The lowest BCUT2D eigenvalue weighted by atomic mass is 10.0. The molecule has 0 spiro atoms. The number of nitrogens with zero attached hydrogens (tertiary/aromatic N) is 1. The van der Waals surface area contributed by atoms with E-state index in [1.54, 1.807) is 6.07 Å². The molecule has 1 heterocycles. The summed E-state index contributed by atoms with van der Waals surface area (Å²) in [5.74, 6) is 0.773. The van der Waals surface area contributed by atoms with Crippen molar-refractivity contribution in [3.05, 3.63) is 36.4 Å². The van der Waals surface area contributed by atoms with Gasteiger partial charge in [-0.2, -0.15) is 0 Å². The third-order valence-corrected chi connectivity index (χ3v) is 3.42. The van der Waals surface area contributed by atoms with Gasteiger partial charge in [-0.15, -0.1) is 6.58 Å². The molecule has 1 aromatic carbocycles. The van der Waals surface area contributed by atoms with Gasteiger partial charge in [0.15, 0.2) is 11.5 Å². The molecule has 0 radical (unpaired) electrons. The lowest BCUT2D eigenvalue weighted by Gasteiger charge is -2.33. The fraction of sp³-hybridized carbons (Fsp3) is 0.467. The van der Waals surface area contributed by atoms with Crippen LogP contribution < -0.4 is 10.1 Å². The van der Waals surface area contributed by atoms with E-state index in [4.69, 9.17) is 4.74 Å². The Morgan fingerprint density at radius 2 is 2.21 bits per heavy atom. The Kier molecular flexibility index (Phi) is 4.82. The number of phenolic OH excluding ortho intramolecular Hbond substituents is 1. The summed E-state index contributed by atoms with van der Waals surface area (Å²) < 4.78 is 5.44. The fourth-order valence-corrected chi connectivity index (χ4v) is 2.48. The largest absolute Gasteiger partial charge is 0.504 e. The highest BCUT2D eigenvalue weighted by Crippen LogP contribution is 2.36. The van der Waals surface area contributed by atoms with Crippen molar-refractivity contribution in [2.75, 3.05) is 32.8 Å². The quantitative estimate of drug-likeness (QED) is 0.796. The van der Waals surface area contributed by atoms with E-state index in [0.717, 1.165) is 31.7 Å². The Hall–Kier alpha value is -1.52. The molecule has 0 aromatic heterocycles. The monoisotopic (exact) mass is 262 g/mol. The highest BCUT2D eigenvalue weighted by molar-refractivity contribution is 5.48. The predicted octanol–water partition coefficient (Wildman–Crippen LogP) is 1.92. The lowest BCUT2D eigenvalue weighted by Crippen LogP contribution is -2.44. The third-order valence-electron chi connectivity index (χ3n) is 3.42. The number of aromatic hydroxyl groups is 1. The predicted molar refractivity (Wildman–Crippen MR) is 76.7 cm³/mol. The molecule has 0 bridgehead atoms. The minimum atomic E-state index is 0.0301. The zero-order valence-electron chi connectivity index (χ0n) is 11.4. The molecular weight excluding hydrogens is 240 g/mol. The number of piperazine rings is 1. The molecule has 2 N–H and O–H groups in total. The van der Waals surface area contributed by atoms with Gasteiger partial charge in [-0.1, -0.05) is 18.2 Å². The van der Waals surface area contributed by atoms with Crippen LogP contribution in [-0.4, -0.2) is 42.8 Å². The summed E-state index contributed by atoms with van der Waals surface area (Å²) in [6.07, 6.45) is 1.89. The zero-order valence-corrected chi connectivity index (χ0v) is 11.4. The van der Waals surface area contributed by atoms with Crippen LogP contribution >= 0.6 is 0 Å². The first kappa shape index (κ1) is 13.9. The summed E-state index contributed by atoms with van der Waals surface area (Å²) in [7, 11) is 0. The Labute approximate surface area is 114 Å². The molecule has 4 heteroatoms. The van der Waals surface area contributed by atoms with Crippen molar-refractivity contribution >= 4 is 0 Å². The first-order valence-corrected chi connectivity index (χ1v) is 6.80. The van der Waals surface area contributed by atoms with Gasteiger partial charge in [-0.25, -0.2) is 0 Å². The highest BCUT2D eigenvalue weighted by atomic mass is 16.5. The maximum atomic E-state index is 10.3. The average Bonchev–Trinajstić information content (AvgIpc) is 2.45. The molecule has 104 valence electrons. The van der Waals surface area contributed by atoms with Crippen molar-refractivity contribution in [2.45, 2.75) is 13.0 Å². The molecular formula is C15H22N2O2. The molecule has 1 atom stereocenters. The van der Waals surface area contributed by atoms with Crippen LogP contribution in [0.2, 0.25) is 0 Å². The number of benzene rings is 1. The number of para-hydroxylation sites is 1. The Morgan fingerprint density at radius 3 is 2.84 bits per heavy atom. The van der Waals surface area contributed by atoms with Crippen LogP contribution in [0.5, 0.6) is 11.5 Å². The minimum absolute atomic E-state index is 0.0301. The summed E-state index contributed by atoms with van der Waals surface area (Å²) >= 11 is 0. The summed E-state index contributed by atoms with van der Waals surface area (Å²) in [5, 5.41) is 13.7. The van der Waals surface area contributed by atoms with Crippen molar-refractivity contribution in [3.63, 3.8) is 0 Å². The molecule has 1 saturated heterocycles. The van der Waals surface area contributed by atoms with Crippen LogP contribution in [0.4, 0.5) is 0 Å². The van der Waals surface area contributed by atoms with Gasteiger partial charge >= 0.3 is 0 Å². The van der Waals surface area contributed by atoms with Gasteiger partial charge in [0.2, 0.25) is 0 Å². The number of phenols is 1. The van der Waals surface area contributed by atoms with Crippen molar-refractivity contribution < 1.29 is 9.84 Å². The first-order chi connectivity index (χ1) is 9.27. The smallest absolute Gasteiger partial charge is 0.162 e. The molecule has 19 heavy (non-hydrogen) atoms. The lowest BCUT2D eigenvalue weighted by molar-refractivity contribution is 0.200. The maximum absolute atomic E-state index is 10.3. The summed E-state index contributed by atoms with van der Waals surface area (Å²) in [6.45, 7) is 10.2. The average molecular weight is 262 g/mol. The molecule has 0 amide bonds. The van der Waals surface area contributed by atoms with Gasteiger partial charge in [0.25, 0.3) is 0 Å². The second-order valence-electron chi connectivity index (χ2n) is 4.59. The molecule has 1 aliphatic rings. The van der Waals surface area contributed by atoms with Crippen molar-refractivity contribution in [3.8, 4) is 11.5 Å². The van der Waals surface area contributed by atoms with Gasteiger partial charge in [-0.05, 0) is 13.0 Å². The van der Waals surface area contributed by atoms with Crippen molar-refractivity contribution in [2.24, 2.45) is 0 Å². The fourth-order valence-electron chi connectivity index (χ4n) is 2.48. The van der Waals surface area contributed by atoms with E-state index in [0.29, 0.717) is 12.4 Å². The van der Waals surface area contributed by atoms with Gasteiger partial charge in [0.05, 0.1) is 12.6 Å². The number of nitrogens with one attached hydrogen (secondary N) is 1. The SMILES string of the molecule is C=C[C@H](c1cccc(OCC)c1O)N1CCNCC1. The van der Waals surface area contributed by atoms with Crippen molar-refractivity contribution in [1.29, 1.82) is 0 Å². The third kappa shape index (κ3) is 3.08. The molecule has 0 aliphatic carbocycles. The molecule has 4 nitrogen and oxygen atoms in total. The van der Waals surface area contributed by atoms with Crippen LogP contribution in [0, 0.1) is 0 Å². The Bertz CT molecular complexity index is 428. The number of ether oxygens (including phenoxy) is 1. The topological polar surface area (TPSA) is 44.7 Å². The second kappa shape index (κ2) is 6.59. The maximum Gasteiger partial charge on any atom is 0.162 e. The Balaban J connectivity index is 2.26. The van der Waals surface area contributed by atoms with E-state index in [1.807, 2.05) is 25.1 Å². The normalized spacial score (nSPS) is 17.9. The van der Waals surface area contributed by atoms with Crippen LogP contribution in [0.3, 0.4) is 0 Å². The molecule has 1 aliphatic heterocycles. The van der Waals surface area contributed by atoms with Gasteiger partial charge in [-0.3, -0.25) is 4.90 Å². The van der Waals surface area contributed by atoms with E-state index >= 15 is 0 Å². The van der Waals surface area contributed by atoms with Gasteiger partial charge in [0.1, 0.15) is 0 Å².